The van der Waals surface area contributed by atoms with Crippen LogP contribution in [0.3, 0.4) is 0 Å². The van der Waals surface area contributed by atoms with Gasteiger partial charge in [0.05, 0.1) is 9.85 Å². The van der Waals surface area contributed by atoms with Crippen molar-refractivity contribution < 1.29 is 0 Å². The van der Waals surface area contributed by atoms with Crippen molar-refractivity contribution in [2.75, 3.05) is 0 Å². The van der Waals surface area contributed by atoms with Gasteiger partial charge in [-0.15, -0.1) is 0 Å². The fourth-order valence-corrected chi connectivity index (χ4v) is 2.72. The van der Waals surface area contributed by atoms with E-state index in [0.29, 0.717) is 5.02 Å². The van der Waals surface area contributed by atoms with Crippen LogP contribution in [0, 0.1) is 0 Å². The van der Waals surface area contributed by atoms with Gasteiger partial charge in [-0.1, -0.05) is 57.3 Å². The minimum absolute atomic E-state index is 0.133. The summed E-state index contributed by atoms with van der Waals surface area (Å²) in [6, 6.07) is 13.7. The van der Waals surface area contributed by atoms with E-state index in [1.807, 2.05) is 42.5 Å². The molecule has 0 spiro atoms. The number of alkyl halides is 1. The van der Waals surface area contributed by atoms with Crippen LogP contribution in [0.25, 0.3) is 0 Å². The molecule has 0 heterocycles. The summed E-state index contributed by atoms with van der Waals surface area (Å²) in [6.45, 7) is 0. The van der Waals surface area contributed by atoms with Gasteiger partial charge < -0.3 is 0 Å². The molecule has 88 valence electrons. The Kier molecular flexibility index (Phi) is 4.53. The molecule has 0 amide bonds. The Morgan fingerprint density at radius 2 is 1.47 bits per heavy atom. The van der Waals surface area contributed by atoms with E-state index in [0.717, 1.165) is 20.6 Å². The third kappa shape index (κ3) is 3.25. The molecule has 0 fully saturated rings. The van der Waals surface area contributed by atoms with Crippen molar-refractivity contribution in [3.05, 3.63) is 68.1 Å². The fourth-order valence-electron chi connectivity index (χ4n) is 1.49. The van der Waals surface area contributed by atoms with Gasteiger partial charge in [0.1, 0.15) is 0 Å². The van der Waals surface area contributed by atoms with Crippen LogP contribution in [0.1, 0.15) is 16.0 Å². The first kappa shape index (κ1) is 13.4. The topological polar surface area (TPSA) is 0 Å². The Morgan fingerprint density at radius 3 is 2.06 bits per heavy atom. The summed E-state index contributed by atoms with van der Waals surface area (Å²) >= 11 is 18.9. The molecule has 0 saturated heterocycles. The minimum Gasteiger partial charge on any atom is -0.0843 e. The first-order chi connectivity index (χ1) is 8.08. The van der Waals surface area contributed by atoms with Gasteiger partial charge in [-0.05, 0) is 51.3 Å². The number of benzene rings is 2. The van der Waals surface area contributed by atoms with Crippen LogP contribution in [0.4, 0.5) is 0 Å². The summed E-state index contributed by atoms with van der Waals surface area (Å²) in [7, 11) is 0. The molecule has 0 aliphatic rings. The second-order valence-electron chi connectivity index (χ2n) is 3.59. The Hall–Kier alpha value is -0.0200. The first-order valence-electron chi connectivity index (χ1n) is 4.92. The maximum Gasteiger partial charge on any atom is 0.0645 e. The Morgan fingerprint density at radius 1 is 0.882 bits per heavy atom. The van der Waals surface area contributed by atoms with Crippen LogP contribution in [-0.2, 0) is 0 Å². The van der Waals surface area contributed by atoms with Crippen molar-refractivity contribution >= 4 is 55.1 Å². The monoisotopic (exact) mass is 392 g/mol. The highest BCUT2D eigenvalue weighted by Gasteiger charge is 2.11. The summed E-state index contributed by atoms with van der Waals surface area (Å²) in [5.74, 6) is 0. The Labute approximate surface area is 127 Å². The van der Waals surface area contributed by atoms with Crippen LogP contribution >= 0.6 is 55.1 Å². The lowest BCUT2D eigenvalue weighted by atomic mass is 10.1. The maximum atomic E-state index is 5.97. The van der Waals surface area contributed by atoms with Gasteiger partial charge in [0.15, 0.2) is 0 Å². The third-order valence-corrected chi connectivity index (χ3v) is 4.92. The summed E-state index contributed by atoms with van der Waals surface area (Å²) in [5, 5.41) is 1.45. The molecule has 0 nitrogen and oxygen atoms in total. The molecule has 1 atom stereocenters. The molecular weight excluding hydrogens is 387 g/mol. The van der Waals surface area contributed by atoms with E-state index >= 15 is 0 Å². The SMILES string of the molecule is Clc1ccc(C(Br)c2ccc(Cl)c(Br)c2)cc1. The second-order valence-corrected chi connectivity index (χ2v) is 6.20. The van der Waals surface area contributed by atoms with Gasteiger partial charge in [-0.3, -0.25) is 0 Å². The summed E-state index contributed by atoms with van der Waals surface area (Å²) < 4.78 is 0.898. The third-order valence-electron chi connectivity index (χ3n) is 2.40. The molecule has 2 aromatic carbocycles. The smallest absolute Gasteiger partial charge is 0.0645 e. The molecule has 4 heteroatoms. The molecule has 1 unspecified atom stereocenters. The van der Waals surface area contributed by atoms with Gasteiger partial charge in [-0.2, -0.15) is 0 Å². The molecule has 0 aliphatic carbocycles. The van der Waals surface area contributed by atoms with E-state index in [9.17, 15) is 0 Å². The zero-order valence-corrected chi connectivity index (χ0v) is 13.3. The molecule has 0 N–H and O–H groups in total. The van der Waals surface area contributed by atoms with E-state index in [-0.39, 0.29) is 4.83 Å². The highest BCUT2D eigenvalue weighted by Crippen LogP contribution is 2.34. The molecule has 0 aromatic heterocycles. The molecule has 17 heavy (non-hydrogen) atoms. The van der Waals surface area contributed by atoms with Crippen LogP contribution in [-0.4, -0.2) is 0 Å². The summed E-state index contributed by atoms with van der Waals surface area (Å²) in [5.41, 5.74) is 2.30. The number of hydrogen-bond donors (Lipinski definition) is 0. The van der Waals surface area contributed by atoms with Crippen molar-refractivity contribution in [3.8, 4) is 0 Å². The average molecular weight is 395 g/mol. The highest BCUT2D eigenvalue weighted by molar-refractivity contribution is 9.10. The number of rotatable bonds is 2. The molecular formula is C13H8Br2Cl2. The predicted molar refractivity (Wildman–Crippen MR) is 81.4 cm³/mol. The van der Waals surface area contributed by atoms with Gasteiger partial charge in [-0.25, -0.2) is 0 Å². The van der Waals surface area contributed by atoms with Crippen LogP contribution in [0.2, 0.25) is 10.0 Å². The Balaban J connectivity index is 2.33. The van der Waals surface area contributed by atoms with Crippen LogP contribution in [0.5, 0.6) is 0 Å². The lowest BCUT2D eigenvalue weighted by Crippen LogP contribution is -1.92. The van der Waals surface area contributed by atoms with Crippen LogP contribution in [0.15, 0.2) is 46.9 Å². The fraction of sp³-hybridized carbons (Fsp3) is 0.0769. The average Bonchev–Trinajstić information content (AvgIpc) is 2.33. The second kappa shape index (κ2) is 5.75. The molecule has 0 aliphatic heterocycles. The van der Waals surface area contributed by atoms with Gasteiger partial charge in [0.2, 0.25) is 0 Å². The van der Waals surface area contributed by atoms with E-state index < -0.39 is 0 Å². The lowest BCUT2D eigenvalue weighted by molar-refractivity contribution is 1.17. The Bertz CT molecular complexity index is 523. The van der Waals surface area contributed by atoms with Crippen LogP contribution < -0.4 is 0 Å². The quantitative estimate of drug-likeness (QED) is 0.529. The van der Waals surface area contributed by atoms with Crippen molar-refractivity contribution in [3.63, 3.8) is 0 Å². The maximum absolute atomic E-state index is 5.97. The van der Waals surface area contributed by atoms with Gasteiger partial charge in [0.25, 0.3) is 0 Å². The van der Waals surface area contributed by atoms with Gasteiger partial charge >= 0.3 is 0 Å². The molecule has 0 saturated carbocycles. The first-order valence-corrected chi connectivity index (χ1v) is 7.39. The van der Waals surface area contributed by atoms with E-state index in [4.69, 9.17) is 23.2 Å². The highest BCUT2D eigenvalue weighted by atomic mass is 79.9. The zero-order chi connectivity index (χ0) is 12.4. The lowest BCUT2D eigenvalue weighted by Gasteiger charge is -2.11. The van der Waals surface area contributed by atoms with Gasteiger partial charge in [0, 0.05) is 9.50 Å². The standard InChI is InChI=1S/C13H8Br2Cl2/c14-11-7-9(3-6-12(11)17)13(15)8-1-4-10(16)5-2-8/h1-7,13H. The minimum atomic E-state index is 0.133. The molecule has 2 rings (SSSR count). The summed E-state index contributed by atoms with van der Waals surface area (Å²) in [4.78, 5) is 0.133. The normalized spacial score (nSPS) is 12.5. The van der Waals surface area contributed by atoms with Crippen molar-refractivity contribution in [2.45, 2.75) is 4.83 Å². The van der Waals surface area contributed by atoms with E-state index in [2.05, 4.69) is 31.9 Å². The largest absolute Gasteiger partial charge is 0.0843 e. The van der Waals surface area contributed by atoms with E-state index in [1.165, 1.54) is 0 Å². The molecule has 0 radical (unpaired) electrons. The van der Waals surface area contributed by atoms with Crippen molar-refractivity contribution in [1.82, 2.24) is 0 Å². The van der Waals surface area contributed by atoms with Crippen molar-refractivity contribution in [2.24, 2.45) is 0 Å². The molecule has 2 aromatic rings. The zero-order valence-electron chi connectivity index (χ0n) is 8.63. The summed E-state index contributed by atoms with van der Waals surface area (Å²) in [6.07, 6.45) is 0. The number of hydrogen-bond acceptors (Lipinski definition) is 0. The van der Waals surface area contributed by atoms with E-state index in [1.54, 1.807) is 0 Å². The predicted octanol–water partition coefficient (Wildman–Crippen LogP) is 6.24. The molecule has 0 bridgehead atoms. The van der Waals surface area contributed by atoms with Crippen molar-refractivity contribution in [1.29, 1.82) is 0 Å². The number of halogens is 4.